The number of hydrogen-bond donors (Lipinski definition) is 1. The van der Waals surface area contributed by atoms with Crippen molar-refractivity contribution in [3.8, 4) is 0 Å². The molecule has 0 saturated carbocycles. The number of esters is 1. The Morgan fingerprint density at radius 3 is 2.42 bits per heavy atom. The molecule has 7 nitrogen and oxygen atoms in total. The summed E-state index contributed by atoms with van der Waals surface area (Å²) in [5.74, 6) is -0.802. The van der Waals surface area contributed by atoms with E-state index in [0.29, 0.717) is 0 Å². The van der Waals surface area contributed by atoms with E-state index in [1.165, 1.54) is 12.5 Å². The van der Waals surface area contributed by atoms with Gasteiger partial charge in [0.15, 0.2) is 16.5 Å². The molecule has 0 fully saturated rings. The van der Waals surface area contributed by atoms with Crippen molar-refractivity contribution in [3.05, 3.63) is 16.1 Å². The van der Waals surface area contributed by atoms with Crippen LogP contribution in [0.5, 0.6) is 0 Å². The first-order valence-corrected chi connectivity index (χ1v) is 8.48. The number of rotatable bonds is 6. The van der Waals surface area contributed by atoms with Crippen molar-refractivity contribution in [2.24, 2.45) is 5.92 Å². The van der Waals surface area contributed by atoms with Crippen molar-refractivity contribution in [2.45, 2.75) is 52.7 Å². The SMILES string of the molecule is COC(=O)c1csc(C(=O)C[C@@H](NC(=O)OC(C)(C)C)C(C)C)n1. The number of methoxy groups -OCH3 is 1. The summed E-state index contributed by atoms with van der Waals surface area (Å²) < 4.78 is 9.79. The Kier molecular flexibility index (Phi) is 6.89. The van der Waals surface area contributed by atoms with Crippen LogP contribution in [0.3, 0.4) is 0 Å². The lowest BCUT2D eigenvalue weighted by atomic mass is 9.99. The number of hydrogen-bond acceptors (Lipinski definition) is 7. The van der Waals surface area contributed by atoms with E-state index in [-0.39, 0.29) is 28.8 Å². The Morgan fingerprint density at radius 2 is 1.92 bits per heavy atom. The molecule has 8 heteroatoms. The van der Waals surface area contributed by atoms with Crippen LogP contribution in [0.4, 0.5) is 4.79 Å². The molecule has 0 aromatic carbocycles. The monoisotopic (exact) mass is 356 g/mol. The summed E-state index contributed by atoms with van der Waals surface area (Å²) in [6, 6.07) is -0.391. The first kappa shape index (κ1) is 20.1. The van der Waals surface area contributed by atoms with E-state index in [1.807, 2.05) is 13.8 Å². The van der Waals surface area contributed by atoms with Crippen molar-refractivity contribution in [2.75, 3.05) is 7.11 Å². The zero-order valence-corrected chi connectivity index (χ0v) is 15.7. The summed E-state index contributed by atoms with van der Waals surface area (Å²) in [6.07, 6.45) is -0.492. The number of carbonyl (C=O) groups excluding carboxylic acids is 3. The molecular formula is C16H24N2O5S. The van der Waals surface area contributed by atoms with Gasteiger partial charge in [-0.25, -0.2) is 14.6 Å². The van der Waals surface area contributed by atoms with Crippen LogP contribution in [-0.4, -0.2) is 41.6 Å². The van der Waals surface area contributed by atoms with Gasteiger partial charge in [-0.3, -0.25) is 4.79 Å². The summed E-state index contributed by atoms with van der Waals surface area (Å²) in [4.78, 5) is 39.6. The van der Waals surface area contributed by atoms with Gasteiger partial charge in [-0.15, -0.1) is 11.3 Å². The second kappa shape index (κ2) is 8.23. The van der Waals surface area contributed by atoms with Crippen LogP contribution in [0, 0.1) is 5.92 Å². The molecule has 1 atom stereocenters. The van der Waals surface area contributed by atoms with Gasteiger partial charge in [0.1, 0.15) is 5.60 Å². The second-order valence-electron chi connectivity index (χ2n) is 6.65. The number of alkyl carbamates (subject to hydrolysis) is 1. The molecular weight excluding hydrogens is 332 g/mol. The van der Waals surface area contributed by atoms with E-state index < -0.39 is 23.7 Å². The summed E-state index contributed by atoms with van der Waals surface area (Å²) in [5, 5.41) is 4.41. The fourth-order valence-electron chi connectivity index (χ4n) is 1.80. The van der Waals surface area contributed by atoms with Gasteiger partial charge in [0.2, 0.25) is 0 Å². The zero-order valence-electron chi connectivity index (χ0n) is 14.8. The smallest absolute Gasteiger partial charge is 0.407 e. The van der Waals surface area contributed by atoms with Gasteiger partial charge >= 0.3 is 12.1 Å². The molecule has 1 N–H and O–H groups in total. The number of carbonyl (C=O) groups is 3. The molecule has 0 aliphatic rings. The number of amides is 1. The van der Waals surface area contributed by atoms with Gasteiger partial charge in [-0.1, -0.05) is 13.8 Å². The Hall–Kier alpha value is -1.96. The Morgan fingerprint density at radius 1 is 1.29 bits per heavy atom. The number of nitrogens with one attached hydrogen (secondary N) is 1. The minimum atomic E-state index is -0.611. The standard InChI is InChI=1S/C16H24N2O5S/c1-9(2)10(18-15(21)23-16(3,4)5)7-12(19)13-17-11(8-24-13)14(20)22-6/h8-10H,7H2,1-6H3,(H,18,21)/t10-/m1/s1. The maximum atomic E-state index is 12.4. The van der Waals surface area contributed by atoms with E-state index >= 15 is 0 Å². The van der Waals surface area contributed by atoms with Crippen LogP contribution in [0.1, 0.15) is 61.3 Å². The van der Waals surface area contributed by atoms with Crippen molar-refractivity contribution in [1.82, 2.24) is 10.3 Å². The normalized spacial score (nSPS) is 12.6. The highest BCUT2D eigenvalue weighted by molar-refractivity contribution is 7.11. The summed E-state index contributed by atoms with van der Waals surface area (Å²) in [6.45, 7) is 9.11. The molecule has 24 heavy (non-hydrogen) atoms. The molecule has 1 aromatic rings. The highest BCUT2D eigenvalue weighted by Gasteiger charge is 2.25. The molecule has 0 aliphatic heterocycles. The van der Waals surface area contributed by atoms with Gasteiger partial charge in [-0.05, 0) is 26.7 Å². The molecule has 0 unspecified atom stereocenters. The Bertz CT molecular complexity index is 604. The van der Waals surface area contributed by atoms with Crippen LogP contribution in [-0.2, 0) is 9.47 Å². The van der Waals surface area contributed by atoms with Crippen LogP contribution < -0.4 is 5.32 Å². The highest BCUT2D eigenvalue weighted by atomic mass is 32.1. The number of aromatic nitrogens is 1. The fourth-order valence-corrected chi connectivity index (χ4v) is 2.54. The average Bonchev–Trinajstić information content (AvgIpc) is 2.93. The van der Waals surface area contributed by atoms with Gasteiger partial charge in [-0.2, -0.15) is 0 Å². The fraction of sp³-hybridized carbons (Fsp3) is 0.625. The van der Waals surface area contributed by atoms with Crippen molar-refractivity contribution in [1.29, 1.82) is 0 Å². The lowest BCUT2D eigenvalue weighted by molar-refractivity contribution is 0.0486. The molecule has 0 aliphatic carbocycles. The maximum absolute atomic E-state index is 12.4. The van der Waals surface area contributed by atoms with Gasteiger partial charge in [0.25, 0.3) is 0 Å². The Labute approximate surface area is 145 Å². The number of thiazole rings is 1. The zero-order chi connectivity index (χ0) is 18.5. The second-order valence-corrected chi connectivity index (χ2v) is 7.51. The third-order valence-electron chi connectivity index (χ3n) is 3.05. The molecule has 0 radical (unpaired) electrons. The topological polar surface area (TPSA) is 94.6 Å². The predicted molar refractivity (Wildman–Crippen MR) is 90.4 cm³/mol. The lowest BCUT2D eigenvalue weighted by Crippen LogP contribution is -2.42. The largest absolute Gasteiger partial charge is 0.464 e. The molecule has 1 amide bonds. The van der Waals surface area contributed by atoms with E-state index in [9.17, 15) is 14.4 Å². The molecule has 0 spiro atoms. The van der Waals surface area contributed by atoms with Crippen molar-refractivity contribution >= 4 is 29.2 Å². The first-order valence-electron chi connectivity index (χ1n) is 7.60. The summed E-state index contributed by atoms with van der Waals surface area (Å²) in [5.41, 5.74) is -0.507. The Balaban J connectivity index is 2.74. The first-order chi connectivity index (χ1) is 11.0. The number of Topliss-reactive ketones (excluding diaryl/α,β-unsaturated/α-hetero) is 1. The number of ketones is 1. The molecule has 134 valence electrons. The van der Waals surface area contributed by atoms with Gasteiger partial charge in [0.05, 0.1) is 7.11 Å². The van der Waals surface area contributed by atoms with Crippen LogP contribution >= 0.6 is 11.3 Å². The van der Waals surface area contributed by atoms with E-state index in [4.69, 9.17) is 4.74 Å². The highest BCUT2D eigenvalue weighted by Crippen LogP contribution is 2.17. The minimum absolute atomic E-state index is 0.0292. The molecule has 1 rings (SSSR count). The van der Waals surface area contributed by atoms with Crippen LogP contribution in [0.15, 0.2) is 5.38 Å². The van der Waals surface area contributed by atoms with Crippen molar-refractivity contribution in [3.63, 3.8) is 0 Å². The minimum Gasteiger partial charge on any atom is -0.464 e. The van der Waals surface area contributed by atoms with Gasteiger partial charge < -0.3 is 14.8 Å². The quantitative estimate of drug-likeness (QED) is 0.622. The van der Waals surface area contributed by atoms with Crippen LogP contribution in [0.25, 0.3) is 0 Å². The predicted octanol–water partition coefficient (Wildman–Crippen LogP) is 3.05. The van der Waals surface area contributed by atoms with E-state index in [1.54, 1.807) is 20.8 Å². The van der Waals surface area contributed by atoms with E-state index in [0.717, 1.165) is 11.3 Å². The number of nitrogens with zero attached hydrogens (tertiary/aromatic N) is 1. The van der Waals surface area contributed by atoms with Crippen molar-refractivity contribution < 1.29 is 23.9 Å². The molecule has 1 heterocycles. The summed E-state index contributed by atoms with van der Waals surface area (Å²) >= 11 is 1.08. The molecule has 1 aromatic heterocycles. The van der Waals surface area contributed by atoms with Gasteiger partial charge in [0, 0.05) is 17.8 Å². The van der Waals surface area contributed by atoms with Crippen LogP contribution in [0.2, 0.25) is 0 Å². The maximum Gasteiger partial charge on any atom is 0.407 e. The van der Waals surface area contributed by atoms with E-state index in [2.05, 4.69) is 15.0 Å². The lowest BCUT2D eigenvalue weighted by Gasteiger charge is -2.25. The third kappa shape index (κ3) is 6.27. The average molecular weight is 356 g/mol. The molecule has 0 bridgehead atoms. The summed E-state index contributed by atoms with van der Waals surface area (Å²) in [7, 11) is 1.25. The number of ether oxygens (including phenoxy) is 2. The third-order valence-corrected chi connectivity index (χ3v) is 3.93. The molecule has 0 saturated heterocycles.